The van der Waals surface area contributed by atoms with Crippen molar-refractivity contribution in [3.63, 3.8) is 0 Å². The van der Waals surface area contributed by atoms with Crippen molar-refractivity contribution in [3.8, 4) is 32.8 Å². The van der Waals surface area contributed by atoms with E-state index in [1.54, 1.807) is 11.3 Å². The summed E-state index contributed by atoms with van der Waals surface area (Å²) in [4.78, 5) is 10.1. The number of rotatable bonds is 5. The van der Waals surface area contributed by atoms with E-state index in [2.05, 4.69) is 222 Å². The second-order valence-corrected chi connectivity index (χ2v) is 19.2. The second kappa shape index (κ2) is 15.3. The fourth-order valence-corrected chi connectivity index (χ4v) is 12.2. The van der Waals surface area contributed by atoms with Gasteiger partial charge in [-0.15, -0.1) is 11.3 Å². The number of benzene rings is 10. The Morgan fingerprint density at radius 3 is 1.72 bits per heavy atom. The Bertz CT molecular complexity index is 3810. The summed E-state index contributed by atoms with van der Waals surface area (Å²) in [6.45, 7) is 0. The minimum atomic E-state index is 0.915. The highest BCUT2D eigenvalue weighted by Crippen LogP contribution is 2.51. The zero-order valence-corrected chi connectivity index (χ0v) is 37.6. The van der Waals surface area contributed by atoms with E-state index >= 15 is 0 Å². The highest BCUT2D eigenvalue weighted by molar-refractivity contribution is 7.21. The predicted molar refractivity (Wildman–Crippen MR) is 284 cm³/mol. The maximum atomic E-state index is 5.05. The summed E-state index contributed by atoms with van der Waals surface area (Å²) in [5.74, 6) is 0. The average molecular weight is 874 g/mol. The first-order valence-electron chi connectivity index (χ1n) is 23.4. The highest BCUT2D eigenvalue weighted by atomic mass is 32.1. The van der Waals surface area contributed by atoms with E-state index in [1.807, 2.05) is 0 Å². The highest BCUT2D eigenvalue weighted by Gasteiger charge is 2.29. The summed E-state index contributed by atoms with van der Waals surface area (Å²) >= 11 is 1.75. The fraction of sp³-hybridized carbons (Fsp3) is 0.0635. The van der Waals surface area contributed by atoms with Gasteiger partial charge >= 0.3 is 0 Å². The molecule has 4 heteroatoms. The summed E-state index contributed by atoms with van der Waals surface area (Å²) in [6, 6.07) is 74.7. The molecule has 0 spiro atoms. The van der Waals surface area contributed by atoms with Gasteiger partial charge in [-0.25, -0.2) is 4.98 Å². The molecule has 1 aliphatic carbocycles. The topological polar surface area (TPSA) is 19.4 Å². The van der Waals surface area contributed by atoms with Crippen molar-refractivity contribution < 1.29 is 0 Å². The first-order chi connectivity index (χ1) is 33.2. The maximum absolute atomic E-state index is 5.05. The molecular weight excluding hydrogens is 831 g/mol. The Morgan fingerprint density at radius 2 is 1.00 bits per heavy atom. The van der Waals surface area contributed by atoms with Crippen LogP contribution in [0.15, 0.2) is 224 Å². The number of allylic oxidation sites excluding steroid dienone is 4. The van der Waals surface area contributed by atoms with Gasteiger partial charge in [0.1, 0.15) is 5.01 Å². The Labute approximate surface area is 393 Å². The Hall–Kier alpha value is -8.05. The smallest absolute Gasteiger partial charge is 0.124 e. The van der Waals surface area contributed by atoms with Crippen LogP contribution in [0.3, 0.4) is 0 Å². The molecule has 0 unspecified atom stereocenters. The molecule has 0 amide bonds. The van der Waals surface area contributed by atoms with Crippen molar-refractivity contribution in [1.82, 2.24) is 4.98 Å². The number of hydrogen-bond donors (Lipinski definition) is 0. The van der Waals surface area contributed by atoms with Gasteiger partial charge < -0.3 is 9.80 Å². The number of hydrogen-bond acceptors (Lipinski definition) is 4. The molecule has 0 saturated carbocycles. The van der Waals surface area contributed by atoms with E-state index in [4.69, 9.17) is 4.98 Å². The first kappa shape index (κ1) is 38.2. The second-order valence-electron chi connectivity index (χ2n) is 18.2. The average Bonchev–Trinajstić information content (AvgIpc) is 3.83. The molecular formula is C63H43N3S. The quantitative estimate of drug-likeness (QED) is 0.161. The summed E-state index contributed by atoms with van der Waals surface area (Å²) < 4.78 is 1.20. The molecule has 2 aliphatic heterocycles. The standard InChI is InChI=1S/C63H43N3S/c1-2-14-43-35-48(30-25-40(43)13-1)62-52-34-32-49(65-56-20-8-3-15-44(56)36-45-16-4-9-21-57(45)65)38-53(52)61(41-26-28-42(29-27-41)63-64-55-19-7-12-24-60(55)67-63)51-33-31-50(39-54(51)62)66-58-22-10-5-17-46(58)37-47-18-6-11-23-59(47)66/h1-10,12-22,24-35,38-39H,11,23,36-37H2. The summed E-state index contributed by atoms with van der Waals surface area (Å²) in [6.07, 6.45) is 8.65. The van der Waals surface area contributed by atoms with Crippen molar-refractivity contribution in [2.24, 2.45) is 0 Å². The van der Waals surface area contributed by atoms with E-state index in [-0.39, 0.29) is 0 Å². The van der Waals surface area contributed by atoms with Crippen LogP contribution in [0.5, 0.6) is 0 Å². The number of anilines is 5. The van der Waals surface area contributed by atoms with E-state index in [0.717, 1.165) is 47.5 Å². The van der Waals surface area contributed by atoms with E-state index in [1.165, 1.54) is 110 Å². The third-order valence-corrected chi connectivity index (χ3v) is 15.4. The lowest BCUT2D eigenvalue weighted by Crippen LogP contribution is -2.24. The minimum Gasteiger partial charge on any atom is -0.314 e. The van der Waals surface area contributed by atoms with Crippen LogP contribution >= 0.6 is 11.3 Å². The monoisotopic (exact) mass is 873 g/mol. The lowest BCUT2D eigenvalue weighted by atomic mass is 9.84. The molecule has 14 rings (SSSR count). The molecule has 0 N–H and O–H groups in total. The molecule has 0 bridgehead atoms. The summed E-state index contributed by atoms with van der Waals surface area (Å²) in [7, 11) is 0. The molecule has 1 aromatic heterocycles. The lowest BCUT2D eigenvalue weighted by molar-refractivity contribution is 0.859. The third kappa shape index (κ3) is 6.21. The Morgan fingerprint density at radius 1 is 0.433 bits per heavy atom. The first-order valence-corrected chi connectivity index (χ1v) is 24.2. The van der Waals surface area contributed by atoms with Gasteiger partial charge in [-0.05, 0) is 150 Å². The van der Waals surface area contributed by atoms with Crippen molar-refractivity contribution in [2.45, 2.75) is 25.7 Å². The largest absolute Gasteiger partial charge is 0.314 e. The normalized spacial score (nSPS) is 14.1. The Balaban J connectivity index is 1.06. The van der Waals surface area contributed by atoms with Crippen LogP contribution in [0, 0.1) is 0 Å². The van der Waals surface area contributed by atoms with Crippen LogP contribution in [-0.4, -0.2) is 4.98 Å². The SMILES string of the molecule is C1=CC2=C(CC1)N(c1ccc3c(-c4ccc(-c5nc6ccccc6s5)cc4)c4cc(N5c6ccccc6Cc6ccccc65)ccc4c(-c4ccc5ccccc5c4)c3c1)c1ccccc1C2. The van der Waals surface area contributed by atoms with E-state index < -0.39 is 0 Å². The summed E-state index contributed by atoms with van der Waals surface area (Å²) in [5.41, 5.74) is 20.0. The lowest BCUT2D eigenvalue weighted by Gasteiger charge is -2.37. The molecule has 67 heavy (non-hydrogen) atoms. The minimum absolute atomic E-state index is 0.915. The van der Waals surface area contributed by atoms with Gasteiger partial charge in [-0.3, -0.25) is 0 Å². The van der Waals surface area contributed by atoms with Crippen molar-refractivity contribution in [2.75, 3.05) is 9.80 Å². The molecule has 3 heterocycles. The van der Waals surface area contributed by atoms with Gasteiger partial charge in [0.15, 0.2) is 0 Å². The van der Waals surface area contributed by atoms with Crippen LogP contribution < -0.4 is 9.80 Å². The number of aromatic nitrogens is 1. The third-order valence-electron chi connectivity index (χ3n) is 14.3. The van der Waals surface area contributed by atoms with E-state index in [0.29, 0.717) is 0 Å². The zero-order chi connectivity index (χ0) is 44.0. The molecule has 10 aromatic carbocycles. The number of para-hydroxylation sites is 4. The zero-order valence-electron chi connectivity index (χ0n) is 36.8. The van der Waals surface area contributed by atoms with Crippen LogP contribution in [0.2, 0.25) is 0 Å². The number of nitrogens with zero attached hydrogens (tertiary/aromatic N) is 3. The van der Waals surface area contributed by atoms with Gasteiger partial charge in [-0.2, -0.15) is 0 Å². The summed E-state index contributed by atoms with van der Waals surface area (Å²) in [5, 5.41) is 8.43. The van der Waals surface area contributed by atoms with Crippen molar-refractivity contribution in [3.05, 3.63) is 240 Å². The van der Waals surface area contributed by atoms with Gasteiger partial charge in [0.2, 0.25) is 0 Å². The molecule has 3 aliphatic rings. The number of fused-ring (bicyclic) bond motifs is 7. The maximum Gasteiger partial charge on any atom is 0.124 e. The van der Waals surface area contributed by atoms with E-state index in [9.17, 15) is 0 Å². The van der Waals surface area contributed by atoms with Gasteiger partial charge in [0.05, 0.1) is 10.2 Å². The van der Waals surface area contributed by atoms with Gasteiger partial charge in [0, 0.05) is 52.5 Å². The Kier molecular flexibility index (Phi) is 8.71. The predicted octanol–water partition coefficient (Wildman–Crippen LogP) is 17.4. The molecule has 0 fully saturated rings. The molecule has 0 saturated heterocycles. The number of thiazole rings is 1. The van der Waals surface area contributed by atoms with Crippen LogP contribution in [0.1, 0.15) is 29.5 Å². The van der Waals surface area contributed by atoms with Crippen LogP contribution in [0.25, 0.3) is 75.4 Å². The fourth-order valence-electron chi connectivity index (χ4n) is 11.2. The van der Waals surface area contributed by atoms with Gasteiger partial charge in [0.25, 0.3) is 0 Å². The molecule has 11 aromatic rings. The van der Waals surface area contributed by atoms with Crippen molar-refractivity contribution >= 4 is 82.3 Å². The molecule has 0 radical (unpaired) electrons. The molecule has 0 atom stereocenters. The van der Waals surface area contributed by atoms with Gasteiger partial charge in [-0.1, -0.05) is 152 Å². The molecule has 316 valence electrons. The molecule has 3 nitrogen and oxygen atoms in total. The van der Waals surface area contributed by atoms with Crippen LogP contribution in [-0.2, 0) is 12.8 Å². The van der Waals surface area contributed by atoms with Crippen molar-refractivity contribution in [1.29, 1.82) is 0 Å². The van der Waals surface area contributed by atoms with Crippen LogP contribution in [0.4, 0.5) is 28.4 Å².